The first-order chi connectivity index (χ1) is 11.7. The van der Waals surface area contributed by atoms with E-state index in [0.29, 0.717) is 17.7 Å². The standard InChI is InChI=1S/C10H22NO3S.C7H8O3S/c1-10(2,3)15(12,13)9-11(4)5-7-14-8-6-11;1-6-2-4-7(5-3-6)11(8,9)10/h5-9H2,1-4H3;2-5H,1H3,(H,8,9,10)/q+1;. The van der Waals surface area contributed by atoms with Crippen LogP contribution in [0.1, 0.15) is 26.3 Å². The monoisotopic (exact) mass is 408 g/mol. The Balaban J connectivity index is 0.000000273. The van der Waals surface area contributed by atoms with Crippen LogP contribution >= 0.6 is 0 Å². The van der Waals surface area contributed by atoms with Crippen molar-refractivity contribution in [1.29, 1.82) is 0 Å². The van der Waals surface area contributed by atoms with Crippen LogP contribution in [0.2, 0.25) is 0 Å². The van der Waals surface area contributed by atoms with Crippen molar-refractivity contribution in [3.05, 3.63) is 29.8 Å². The smallest absolute Gasteiger partial charge is 0.294 e. The van der Waals surface area contributed by atoms with Gasteiger partial charge in [0.25, 0.3) is 10.1 Å². The Kier molecular flexibility index (Phi) is 7.40. The normalized spacial score (nSPS) is 17.9. The fourth-order valence-corrected chi connectivity index (χ4v) is 4.17. The number of aryl methyl sites for hydroxylation is 1. The molecule has 26 heavy (non-hydrogen) atoms. The molecule has 0 radical (unpaired) electrons. The van der Waals surface area contributed by atoms with Gasteiger partial charge in [-0.15, -0.1) is 0 Å². The molecular weight excluding hydrogens is 378 g/mol. The lowest BCUT2D eigenvalue weighted by Crippen LogP contribution is -2.56. The van der Waals surface area contributed by atoms with Crippen LogP contribution in [0.4, 0.5) is 0 Å². The van der Waals surface area contributed by atoms with Crippen LogP contribution in [-0.4, -0.2) is 69.8 Å². The Hall–Kier alpha value is -1.00. The summed E-state index contributed by atoms with van der Waals surface area (Å²) in [6.45, 7) is 10.0. The summed E-state index contributed by atoms with van der Waals surface area (Å²) >= 11 is 0. The zero-order chi connectivity index (χ0) is 20.2. The minimum atomic E-state index is -4.02. The first-order valence-corrected chi connectivity index (χ1v) is 11.4. The highest BCUT2D eigenvalue weighted by Crippen LogP contribution is 2.20. The Bertz CT molecular complexity index is 787. The molecule has 1 aliphatic rings. The van der Waals surface area contributed by atoms with Crippen LogP contribution in [0.5, 0.6) is 0 Å². The number of nitrogens with zero attached hydrogens (tertiary/aromatic N) is 1. The van der Waals surface area contributed by atoms with Gasteiger partial charge in [-0.25, -0.2) is 8.42 Å². The summed E-state index contributed by atoms with van der Waals surface area (Å²) in [4.78, 5) is -0.0666. The molecule has 0 amide bonds. The first kappa shape index (κ1) is 23.0. The molecule has 1 aliphatic heterocycles. The van der Waals surface area contributed by atoms with Crippen LogP contribution in [0, 0.1) is 6.92 Å². The summed E-state index contributed by atoms with van der Waals surface area (Å²) in [5.41, 5.74) is 0.956. The lowest BCUT2D eigenvalue weighted by molar-refractivity contribution is -0.905. The molecule has 0 bridgehead atoms. The van der Waals surface area contributed by atoms with Crippen molar-refractivity contribution in [2.75, 3.05) is 39.2 Å². The second-order valence-corrected chi connectivity index (χ2v) is 12.0. The van der Waals surface area contributed by atoms with E-state index in [0.717, 1.165) is 18.7 Å². The highest BCUT2D eigenvalue weighted by molar-refractivity contribution is 7.92. The first-order valence-electron chi connectivity index (χ1n) is 8.34. The number of benzene rings is 1. The van der Waals surface area contributed by atoms with Crippen molar-refractivity contribution in [2.24, 2.45) is 0 Å². The lowest BCUT2D eigenvalue weighted by Gasteiger charge is -2.38. The van der Waals surface area contributed by atoms with E-state index in [4.69, 9.17) is 9.29 Å². The van der Waals surface area contributed by atoms with Gasteiger partial charge >= 0.3 is 0 Å². The Morgan fingerprint density at radius 3 is 1.88 bits per heavy atom. The number of rotatable bonds is 3. The van der Waals surface area contributed by atoms with Crippen molar-refractivity contribution in [3.63, 3.8) is 0 Å². The number of morpholine rings is 1. The minimum Gasteiger partial charge on any atom is -0.370 e. The summed E-state index contributed by atoms with van der Waals surface area (Å²) < 4.78 is 58.9. The maximum absolute atomic E-state index is 12.1. The topological polar surface area (TPSA) is 97.7 Å². The number of quaternary nitrogens is 1. The molecule has 1 aromatic carbocycles. The molecule has 2 rings (SSSR count). The Labute approximate surface area is 157 Å². The summed E-state index contributed by atoms with van der Waals surface area (Å²) in [5, 5.41) is 0. The summed E-state index contributed by atoms with van der Waals surface area (Å²) in [6, 6.07) is 5.99. The minimum absolute atomic E-state index is 0.0666. The van der Waals surface area contributed by atoms with Gasteiger partial charge in [0.05, 0.1) is 29.9 Å². The molecule has 9 heteroatoms. The lowest BCUT2D eigenvalue weighted by atomic mass is 10.2. The van der Waals surface area contributed by atoms with E-state index < -0.39 is 24.7 Å². The molecule has 1 fully saturated rings. The zero-order valence-corrected chi connectivity index (χ0v) is 17.7. The summed E-state index contributed by atoms with van der Waals surface area (Å²) in [5.74, 6) is 0.222. The fourth-order valence-electron chi connectivity index (χ4n) is 2.23. The van der Waals surface area contributed by atoms with Gasteiger partial charge in [-0.1, -0.05) is 17.7 Å². The number of hydrogen-bond donors (Lipinski definition) is 1. The van der Waals surface area contributed by atoms with E-state index in [2.05, 4.69) is 0 Å². The van der Waals surface area contributed by atoms with E-state index in [1.807, 2.05) is 14.0 Å². The van der Waals surface area contributed by atoms with Gasteiger partial charge < -0.3 is 9.22 Å². The molecule has 7 nitrogen and oxygen atoms in total. The van der Waals surface area contributed by atoms with Crippen LogP contribution in [-0.2, 0) is 24.7 Å². The van der Waals surface area contributed by atoms with Crippen LogP contribution in [0.15, 0.2) is 29.2 Å². The molecule has 1 heterocycles. The molecule has 1 N–H and O–H groups in total. The second kappa shape index (κ2) is 8.35. The van der Waals surface area contributed by atoms with E-state index in [9.17, 15) is 16.8 Å². The van der Waals surface area contributed by atoms with Crippen molar-refractivity contribution >= 4 is 20.0 Å². The van der Waals surface area contributed by atoms with Gasteiger partial charge in [0.2, 0.25) is 9.84 Å². The van der Waals surface area contributed by atoms with Crippen LogP contribution in [0.3, 0.4) is 0 Å². The number of hydrogen-bond acceptors (Lipinski definition) is 5. The average Bonchev–Trinajstić information content (AvgIpc) is 2.46. The van der Waals surface area contributed by atoms with Crippen LogP contribution in [0.25, 0.3) is 0 Å². The van der Waals surface area contributed by atoms with Crippen molar-refractivity contribution < 1.29 is 30.6 Å². The van der Waals surface area contributed by atoms with Crippen molar-refractivity contribution in [3.8, 4) is 0 Å². The highest BCUT2D eigenvalue weighted by Gasteiger charge is 2.38. The third kappa shape index (κ3) is 6.96. The number of sulfone groups is 1. The largest absolute Gasteiger partial charge is 0.370 e. The zero-order valence-electron chi connectivity index (χ0n) is 16.1. The highest BCUT2D eigenvalue weighted by atomic mass is 32.2. The molecule has 0 aliphatic carbocycles. The fraction of sp³-hybridized carbons (Fsp3) is 0.647. The predicted octanol–water partition coefficient (Wildman–Crippen LogP) is 1.88. The Morgan fingerprint density at radius 2 is 1.50 bits per heavy atom. The van der Waals surface area contributed by atoms with Gasteiger partial charge in [-0.3, -0.25) is 4.55 Å². The van der Waals surface area contributed by atoms with E-state index in [1.165, 1.54) is 12.1 Å². The molecule has 0 saturated carbocycles. The summed E-state index contributed by atoms with van der Waals surface area (Å²) in [7, 11) is -5.07. The summed E-state index contributed by atoms with van der Waals surface area (Å²) in [6.07, 6.45) is 0. The quantitative estimate of drug-likeness (QED) is 0.606. The van der Waals surface area contributed by atoms with Crippen molar-refractivity contribution in [2.45, 2.75) is 37.3 Å². The average molecular weight is 409 g/mol. The van der Waals surface area contributed by atoms with Gasteiger partial charge in [-0.2, -0.15) is 8.42 Å². The molecule has 150 valence electrons. The van der Waals surface area contributed by atoms with Crippen LogP contribution < -0.4 is 0 Å². The molecule has 1 saturated heterocycles. The van der Waals surface area contributed by atoms with E-state index >= 15 is 0 Å². The molecule has 0 spiro atoms. The second-order valence-electron chi connectivity index (χ2n) is 7.82. The third-order valence-corrected chi connectivity index (χ3v) is 7.98. The third-order valence-electron chi connectivity index (χ3n) is 4.28. The Morgan fingerprint density at radius 1 is 1.04 bits per heavy atom. The van der Waals surface area contributed by atoms with Gasteiger partial charge in [0.1, 0.15) is 13.1 Å². The number of likely N-dealkylation sites (N-methyl/N-ethyl adjacent to an activating group) is 1. The molecule has 0 unspecified atom stereocenters. The maximum atomic E-state index is 12.1. The maximum Gasteiger partial charge on any atom is 0.294 e. The number of ether oxygens (including phenoxy) is 1. The molecule has 0 aromatic heterocycles. The van der Waals surface area contributed by atoms with E-state index in [1.54, 1.807) is 32.9 Å². The van der Waals surface area contributed by atoms with Gasteiger partial charge in [0.15, 0.2) is 5.88 Å². The molecule has 1 aromatic rings. The van der Waals surface area contributed by atoms with Gasteiger partial charge in [0, 0.05) is 0 Å². The predicted molar refractivity (Wildman–Crippen MR) is 101 cm³/mol. The SMILES string of the molecule is CC(C)(C)S(=O)(=O)C[N+]1(C)CCOCC1.Cc1ccc(S(=O)(=O)O)cc1. The molecular formula is C17H30NO6S2+. The van der Waals surface area contributed by atoms with Gasteiger partial charge in [-0.05, 0) is 39.8 Å². The van der Waals surface area contributed by atoms with E-state index in [-0.39, 0.29) is 10.8 Å². The molecule has 0 atom stereocenters. The van der Waals surface area contributed by atoms with Crippen molar-refractivity contribution in [1.82, 2.24) is 0 Å².